The number of aromatic amines is 1. The van der Waals surface area contributed by atoms with Gasteiger partial charge in [0.1, 0.15) is 0 Å². The van der Waals surface area contributed by atoms with E-state index < -0.39 is 0 Å². The van der Waals surface area contributed by atoms with E-state index in [2.05, 4.69) is 9.97 Å². The van der Waals surface area contributed by atoms with E-state index >= 15 is 0 Å². The summed E-state index contributed by atoms with van der Waals surface area (Å²) in [6, 6.07) is 8.56. The molecule has 0 aliphatic heterocycles. The number of carbonyl (C=O) groups excluding carboxylic acids is 1. The predicted molar refractivity (Wildman–Crippen MR) is 81.2 cm³/mol. The van der Waals surface area contributed by atoms with Crippen molar-refractivity contribution in [1.29, 1.82) is 0 Å². The quantitative estimate of drug-likeness (QED) is 0.937. The van der Waals surface area contributed by atoms with Crippen LogP contribution >= 0.6 is 0 Å². The Kier molecular flexibility index (Phi) is 4.52. The molecule has 2 heterocycles. The second-order valence-electron chi connectivity index (χ2n) is 5.01. The number of nitrogens with zero attached hydrogens (tertiary/aromatic N) is 2. The van der Waals surface area contributed by atoms with E-state index in [1.54, 1.807) is 31.1 Å². The average molecular weight is 285 g/mol. The second kappa shape index (κ2) is 6.35. The minimum Gasteiger partial charge on any atom is -0.333 e. The van der Waals surface area contributed by atoms with E-state index in [1.165, 1.54) is 6.07 Å². The third-order valence-corrected chi connectivity index (χ3v) is 3.43. The van der Waals surface area contributed by atoms with Crippen LogP contribution in [0.15, 0.2) is 41.3 Å². The van der Waals surface area contributed by atoms with Gasteiger partial charge in [0.05, 0.1) is 11.7 Å². The highest BCUT2D eigenvalue weighted by Crippen LogP contribution is 2.22. The molecule has 0 saturated heterocycles. The number of aromatic nitrogens is 2. The number of carbonyl (C=O) groups is 1. The highest BCUT2D eigenvalue weighted by molar-refractivity contribution is 5.94. The number of nitrogens with one attached hydrogen (secondary N) is 1. The number of hydrogen-bond acceptors (Lipinski definition) is 3. The molecule has 2 aromatic heterocycles. The number of rotatable bonds is 4. The third kappa shape index (κ3) is 3.37. The Morgan fingerprint density at radius 2 is 2.14 bits per heavy atom. The number of pyridine rings is 2. The highest BCUT2D eigenvalue weighted by Gasteiger charge is 2.22. The molecule has 0 radical (unpaired) electrons. The average Bonchev–Trinajstić information content (AvgIpc) is 2.47. The molecule has 5 heteroatoms. The van der Waals surface area contributed by atoms with Gasteiger partial charge in [0.25, 0.3) is 5.91 Å². The van der Waals surface area contributed by atoms with Crippen LogP contribution in [0.5, 0.6) is 0 Å². The van der Waals surface area contributed by atoms with Gasteiger partial charge in [-0.1, -0.05) is 13.0 Å². The van der Waals surface area contributed by atoms with Gasteiger partial charge in [0.15, 0.2) is 0 Å². The van der Waals surface area contributed by atoms with Crippen LogP contribution in [0.1, 0.15) is 41.1 Å². The van der Waals surface area contributed by atoms with Crippen molar-refractivity contribution in [2.45, 2.75) is 26.3 Å². The van der Waals surface area contributed by atoms with Crippen molar-refractivity contribution in [1.82, 2.24) is 14.9 Å². The fraction of sp³-hybridized carbons (Fsp3) is 0.312. The van der Waals surface area contributed by atoms with Crippen LogP contribution in [-0.4, -0.2) is 27.8 Å². The first-order chi connectivity index (χ1) is 10.0. The maximum atomic E-state index is 12.6. The van der Waals surface area contributed by atoms with Gasteiger partial charge in [-0.15, -0.1) is 0 Å². The van der Waals surface area contributed by atoms with E-state index in [0.29, 0.717) is 11.3 Å². The van der Waals surface area contributed by atoms with Crippen LogP contribution in [0.25, 0.3) is 0 Å². The molecule has 0 saturated carbocycles. The molecule has 21 heavy (non-hydrogen) atoms. The highest BCUT2D eigenvalue weighted by atomic mass is 16.2. The SMILES string of the molecule is CCC(c1ccccn1)N(C)C(=O)c1cc(C)[nH]c(=O)c1. The van der Waals surface area contributed by atoms with Crippen molar-refractivity contribution in [3.8, 4) is 0 Å². The molecule has 0 aliphatic carbocycles. The zero-order chi connectivity index (χ0) is 15.4. The Bertz CT molecular complexity index is 679. The van der Waals surface area contributed by atoms with E-state index in [4.69, 9.17) is 0 Å². The van der Waals surface area contributed by atoms with Gasteiger partial charge in [-0.2, -0.15) is 0 Å². The first kappa shape index (κ1) is 15.0. The second-order valence-corrected chi connectivity index (χ2v) is 5.01. The third-order valence-electron chi connectivity index (χ3n) is 3.43. The van der Waals surface area contributed by atoms with Gasteiger partial charge in [-0.05, 0) is 31.5 Å². The van der Waals surface area contributed by atoms with E-state index in [-0.39, 0.29) is 17.5 Å². The first-order valence-corrected chi connectivity index (χ1v) is 6.92. The molecule has 2 rings (SSSR count). The maximum absolute atomic E-state index is 12.6. The summed E-state index contributed by atoms with van der Waals surface area (Å²) in [7, 11) is 1.74. The summed E-state index contributed by atoms with van der Waals surface area (Å²) in [4.78, 5) is 32.7. The van der Waals surface area contributed by atoms with Crippen LogP contribution in [-0.2, 0) is 0 Å². The molecule has 0 spiro atoms. The summed E-state index contributed by atoms with van der Waals surface area (Å²) in [5.74, 6) is -0.179. The van der Waals surface area contributed by atoms with Crippen LogP contribution in [0.3, 0.4) is 0 Å². The first-order valence-electron chi connectivity index (χ1n) is 6.92. The molecular weight excluding hydrogens is 266 g/mol. The summed E-state index contributed by atoms with van der Waals surface area (Å²) >= 11 is 0. The van der Waals surface area contributed by atoms with Gasteiger partial charge in [0.2, 0.25) is 5.56 Å². The van der Waals surface area contributed by atoms with Crippen molar-refractivity contribution in [3.05, 3.63) is 63.8 Å². The normalized spacial score (nSPS) is 12.0. The lowest BCUT2D eigenvalue weighted by Gasteiger charge is -2.27. The summed E-state index contributed by atoms with van der Waals surface area (Å²) in [6.45, 7) is 3.76. The lowest BCUT2D eigenvalue weighted by molar-refractivity contribution is 0.0722. The monoisotopic (exact) mass is 285 g/mol. The van der Waals surface area contributed by atoms with Gasteiger partial charge in [-0.25, -0.2) is 0 Å². The number of amides is 1. The van der Waals surface area contributed by atoms with Crippen molar-refractivity contribution < 1.29 is 4.79 Å². The molecule has 110 valence electrons. The van der Waals surface area contributed by atoms with Crippen LogP contribution in [0.4, 0.5) is 0 Å². The Morgan fingerprint density at radius 1 is 1.38 bits per heavy atom. The molecule has 2 aromatic rings. The van der Waals surface area contributed by atoms with Gasteiger partial charge in [-0.3, -0.25) is 14.6 Å². The maximum Gasteiger partial charge on any atom is 0.254 e. The molecule has 1 atom stereocenters. The molecule has 0 bridgehead atoms. The van der Waals surface area contributed by atoms with E-state index in [9.17, 15) is 9.59 Å². The van der Waals surface area contributed by atoms with E-state index in [1.807, 2.05) is 25.1 Å². The van der Waals surface area contributed by atoms with Crippen molar-refractivity contribution in [3.63, 3.8) is 0 Å². The lowest BCUT2D eigenvalue weighted by atomic mass is 10.1. The van der Waals surface area contributed by atoms with Gasteiger partial charge < -0.3 is 9.88 Å². The van der Waals surface area contributed by atoms with Crippen LogP contribution < -0.4 is 5.56 Å². The molecule has 1 amide bonds. The largest absolute Gasteiger partial charge is 0.333 e. The van der Waals surface area contributed by atoms with Crippen molar-refractivity contribution in [2.75, 3.05) is 7.05 Å². The minimum absolute atomic E-state index is 0.113. The Hall–Kier alpha value is -2.43. The van der Waals surface area contributed by atoms with Crippen molar-refractivity contribution >= 4 is 5.91 Å². The number of aryl methyl sites for hydroxylation is 1. The number of H-pyrrole nitrogens is 1. The molecule has 0 aromatic carbocycles. The van der Waals surface area contributed by atoms with Crippen molar-refractivity contribution in [2.24, 2.45) is 0 Å². The molecule has 5 nitrogen and oxygen atoms in total. The predicted octanol–water partition coefficient (Wildman–Crippen LogP) is 2.30. The van der Waals surface area contributed by atoms with Crippen LogP contribution in [0.2, 0.25) is 0 Å². The standard InChI is InChI=1S/C16H19N3O2/c1-4-14(13-7-5-6-8-17-13)19(3)16(21)12-9-11(2)18-15(20)10-12/h5-10,14H,4H2,1-3H3,(H,18,20). The zero-order valence-corrected chi connectivity index (χ0v) is 12.5. The fourth-order valence-corrected chi connectivity index (χ4v) is 2.41. The van der Waals surface area contributed by atoms with E-state index in [0.717, 1.165) is 12.1 Å². The Balaban J connectivity index is 2.31. The molecule has 1 N–H and O–H groups in total. The molecule has 0 aliphatic rings. The summed E-state index contributed by atoms with van der Waals surface area (Å²) in [6.07, 6.45) is 2.47. The molecule has 0 fully saturated rings. The fourth-order valence-electron chi connectivity index (χ4n) is 2.41. The molecular formula is C16H19N3O2. The lowest BCUT2D eigenvalue weighted by Crippen LogP contribution is -2.32. The smallest absolute Gasteiger partial charge is 0.254 e. The Labute approximate surface area is 123 Å². The van der Waals surface area contributed by atoms with Gasteiger partial charge >= 0.3 is 0 Å². The van der Waals surface area contributed by atoms with Crippen LogP contribution in [0, 0.1) is 6.92 Å². The Morgan fingerprint density at radius 3 is 2.71 bits per heavy atom. The topological polar surface area (TPSA) is 66.1 Å². The summed E-state index contributed by atoms with van der Waals surface area (Å²) in [5.41, 5.74) is 1.65. The molecule has 1 unspecified atom stereocenters. The zero-order valence-electron chi connectivity index (χ0n) is 12.5. The minimum atomic E-state index is -0.266. The summed E-state index contributed by atoms with van der Waals surface area (Å²) < 4.78 is 0. The van der Waals surface area contributed by atoms with Gasteiger partial charge in [0, 0.05) is 30.6 Å². The summed E-state index contributed by atoms with van der Waals surface area (Å²) in [5, 5.41) is 0. The number of hydrogen-bond donors (Lipinski definition) is 1.